The molecule has 0 amide bonds. The van der Waals surface area contributed by atoms with E-state index in [1.54, 1.807) is 0 Å². The molecule has 0 aliphatic carbocycles. The molecule has 0 aromatic rings. The highest BCUT2D eigenvalue weighted by Crippen LogP contribution is 2.08. The molecule has 0 saturated heterocycles. The maximum Gasteiger partial charge on any atom is 0.306 e. The minimum Gasteiger partial charge on any atom is -0.460 e. The third-order valence-corrected chi connectivity index (χ3v) is 2.47. The van der Waals surface area contributed by atoms with Crippen LogP contribution in [0.25, 0.3) is 0 Å². The molecule has 138 valence electrons. The molecule has 0 fully saturated rings. The van der Waals surface area contributed by atoms with E-state index in [1.807, 2.05) is 20.8 Å². The molecular weight excluding hydrogens is 302 g/mol. The van der Waals surface area contributed by atoms with Gasteiger partial charge in [0.05, 0.1) is 46.2 Å². The summed E-state index contributed by atoms with van der Waals surface area (Å²) in [6, 6.07) is 0. The van der Waals surface area contributed by atoms with E-state index in [0.717, 1.165) is 0 Å². The van der Waals surface area contributed by atoms with E-state index in [4.69, 9.17) is 29.4 Å². The predicted octanol–water partition coefficient (Wildman–Crippen LogP) is 1.13. The summed E-state index contributed by atoms with van der Waals surface area (Å²) in [5, 5.41) is 0. The molecule has 2 N–H and O–H groups in total. The Morgan fingerprint density at radius 2 is 1.22 bits per heavy atom. The van der Waals surface area contributed by atoms with Crippen molar-refractivity contribution in [1.29, 1.82) is 0 Å². The van der Waals surface area contributed by atoms with Crippen LogP contribution >= 0.6 is 0 Å². The molecule has 0 heterocycles. The molecule has 0 bridgehead atoms. The Hall–Kier alpha value is -0.730. The zero-order chi connectivity index (χ0) is 17.4. The minimum absolute atomic E-state index is 0.190. The van der Waals surface area contributed by atoms with Crippen LogP contribution in [0.4, 0.5) is 0 Å². The molecule has 0 unspecified atom stereocenters. The smallest absolute Gasteiger partial charge is 0.306 e. The average molecular weight is 335 g/mol. The topological polar surface area (TPSA) is 89.2 Å². The number of rotatable bonds is 15. The molecule has 0 saturated carbocycles. The standard InChI is InChI=1S/C16H33NO6/c1-16(2,3)23-15(18)5-4-7-19-9-11-21-13-14-22-12-10-20-8-6-17/h4-14,17H2,1-3H3. The van der Waals surface area contributed by atoms with Gasteiger partial charge in [0, 0.05) is 19.6 Å². The molecule has 0 rings (SSSR count). The van der Waals surface area contributed by atoms with Crippen LogP contribution in [-0.2, 0) is 28.5 Å². The van der Waals surface area contributed by atoms with Gasteiger partial charge in [-0.2, -0.15) is 0 Å². The summed E-state index contributed by atoms with van der Waals surface area (Å²) in [6.07, 6.45) is 1.03. The van der Waals surface area contributed by atoms with Crippen LogP contribution in [0.3, 0.4) is 0 Å². The fourth-order valence-electron chi connectivity index (χ4n) is 1.56. The lowest BCUT2D eigenvalue weighted by Crippen LogP contribution is -2.23. The summed E-state index contributed by atoms with van der Waals surface area (Å²) in [7, 11) is 0. The summed E-state index contributed by atoms with van der Waals surface area (Å²) in [5.74, 6) is -0.190. The zero-order valence-electron chi connectivity index (χ0n) is 14.8. The van der Waals surface area contributed by atoms with Crippen LogP contribution in [0.15, 0.2) is 0 Å². The first-order chi connectivity index (χ1) is 11.0. The number of carbonyl (C=O) groups is 1. The van der Waals surface area contributed by atoms with Crippen molar-refractivity contribution in [2.24, 2.45) is 5.73 Å². The van der Waals surface area contributed by atoms with Crippen LogP contribution < -0.4 is 5.73 Å². The van der Waals surface area contributed by atoms with Gasteiger partial charge in [0.25, 0.3) is 0 Å². The highest BCUT2D eigenvalue weighted by molar-refractivity contribution is 5.69. The van der Waals surface area contributed by atoms with E-state index in [9.17, 15) is 4.79 Å². The minimum atomic E-state index is -0.426. The van der Waals surface area contributed by atoms with Gasteiger partial charge in [-0.05, 0) is 27.2 Å². The van der Waals surface area contributed by atoms with E-state index in [0.29, 0.717) is 72.2 Å². The van der Waals surface area contributed by atoms with Crippen molar-refractivity contribution in [3.05, 3.63) is 0 Å². The molecule has 0 aliphatic heterocycles. The predicted molar refractivity (Wildman–Crippen MR) is 87.4 cm³/mol. The Morgan fingerprint density at radius 3 is 1.65 bits per heavy atom. The van der Waals surface area contributed by atoms with Gasteiger partial charge in [0.2, 0.25) is 0 Å². The van der Waals surface area contributed by atoms with Gasteiger partial charge in [-0.15, -0.1) is 0 Å². The third-order valence-electron chi connectivity index (χ3n) is 2.47. The van der Waals surface area contributed by atoms with Gasteiger partial charge < -0.3 is 29.4 Å². The number of hydrogen-bond donors (Lipinski definition) is 1. The van der Waals surface area contributed by atoms with Crippen LogP contribution in [-0.4, -0.2) is 71.0 Å². The molecular formula is C16H33NO6. The second kappa shape index (κ2) is 14.8. The molecule has 23 heavy (non-hydrogen) atoms. The lowest BCUT2D eigenvalue weighted by atomic mass is 10.2. The lowest BCUT2D eigenvalue weighted by molar-refractivity contribution is -0.155. The summed E-state index contributed by atoms with van der Waals surface area (Å²) in [6.45, 7) is 10.4. The fourth-order valence-corrected chi connectivity index (χ4v) is 1.56. The normalized spacial score (nSPS) is 11.7. The van der Waals surface area contributed by atoms with E-state index in [-0.39, 0.29) is 5.97 Å². The van der Waals surface area contributed by atoms with Gasteiger partial charge in [-0.25, -0.2) is 0 Å². The molecule has 7 nitrogen and oxygen atoms in total. The van der Waals surface area contributed by atoms with Crippen LogP contribution in [0.1, 0.15) is 33.6 Å². The van der Waals surface area contributed by atoms with Gasteiger partial charge in [0.1, 0.15) is 5.60 Å². The van der Waals surface area contributed by atoms with Crippen molar-refractivity contribution < 1.29 is 28.5 Å². The van der Waals surface area contributed by atoms with Crippen LogP contribution in [0, 0.1) is 0 Å². The number of nitrogens with two attached hydrogens (primary N) is 1. The van der Waals surface area contributed by atoms with Crippen LogP contribution in [0.2, 0.25) is 0 Å². The Bertz CT molecular complexity index is 280. The highest BCUT2D eigenvalue weighted by Gasteiger charge is 2.15. The summed E-state index contributed by atoms with van der Waals surface area (Å²) in [5.41, 5.74) is 4.86. The zero-order valence-corrected chi connectivity index (χ0v) is 14.8. The van der Waals surface area contributed by atoms with Crippen molar-refractivity contribution in [3.8, 4) is 0 Å². The Morgan fingerprint density at radius 1 is 0.783 bits per heavy atom. The maximum absolute atomic E-state index is 11.4. The number of carbonyl (C=O) groups excluding carboxylic acids is 1. The van der Waals surface area contributed by atoms with Crippen molar-refractivity contribution in [1.82, 2.24) is 0 Å². The number of ether oxygens (including phenoxy) is 5. The van der Waals surface area contributed by atoms with Gasteiger partial charge in [0.15, 0.2) is 0 Å². The van der Waals surface area contributed by atoms with E-state index < -0.39 is 5.60 Å². The SMILES string of the molecule is CC(C)(C)OC(=O)CCCOCCOCCOCCOCCN. The lowest BCUT2D eigenvalue weighted by Gasteiger charge is -2.19. The summed E-state index contributed by atoms with van der Waals surface area (Å²) < 4.78 is 26.4. The van der Waals surface area contributed by atoms with E-state index in [1.165, 1.54) is 0 Å². The van der Waals surface area contributed by atoms with E-state index >= 15 is 0 Å². The van der Waals surface area contributed by atoms with Crippen LogP contribution in [0.5, 0.6) is 0 Å². The third kappa shape index (κ3) is 19.2. The van der Waals surface area contributed by atoms with Crippen molar-refractivity contribution in [3.63, 3.8) is 0 Å². The average Bonchev–Trinajstić information content (AvgIpc) is 2.46. The monoisotopic (exact) mass is 335 g/mol. The maximum atomic E-state index is 11.4. The number of hydrogen-bond acceptors (Lipinski definition) is 7. The molecule has 0 atom stereocenters. The largest absolute Gasteiger partial charge is 0.460 e. The molecule has 7 heteroatoms. The summed E-state index contributed by atoms with van der Waals surface area (Å²) >= 11 is 0. The highest BCUT2D eigenvalue weighted by atomic mass is 16.6. The molecule has 0 aromatic heterocycles. The molecule has 0 aromatic carbocycles. The first kappa shape index (κ1) is 22.3. The van der Waals surface area contributed by atoms with Gasteiger partial charge in [-0.3, -0.25) is 4.79 Å². The Labute approximate surface area is 139 Å². The fraction of sp³-hybridized carbons (Fsp3) is 0.938. The Kier molecular flexibility index (Phi) is 14.4. The second-order valence-electron chi connectivity index (χ2n) is 5.93. The van der Waals surface area contributed by atoms with Gasteiger partial charge >= 0.3 is 5.97 Å². The molecule has 0 aliphatic rings. The quantitative estimate of drug-likeness (QED) is 0.354. The second-order valence-corrected chi connectivity index (χ2v) is 5.93. The first-order valence-electron chi connectivity index (χ1n) is 8.18. The van der Waals surface area contributed by atoms with Crippen molar-refractivity contribution in [2.45, 2.75) is 39.2 Å². The summed E-state index contributed by atoms with van der Waals surface area (Å²) in [4.78, 5) is 11.4. The van der Waals surface area contributed by atoms with Gasteiger partial charge in [-0.1, -0.05) is 0 Å². The van der Waals surface area contributed by atoms with E-state index in [2.05, 4.69) is 0 Å². The van der Waals surface area contributed by atoms with Crippen molar-refractivity contribution in [2.75, 3.05) is 59.4 Å². The molecule has 0 spiro atoms. The Balaban J connectivity index is 3.15. The number of esters is 1. The first-order valence-corrected chi connectivity index (χ1v) is 8.18. The molecule has 0 radical (unpaired) electrons. The van der Waals surface area contributed by atoms with Crippen molar-refractivity contribution >= 4 is 5.97 Å².